The second kappa shape index (κ2) is 8.14. The lowest BCUT2D eigenvalue weighted by Crippen LogP contribution is -2.44. The first-order chi connectivity index (χ1) is 9.71. The normalized spacial score (nSPS) is 23.6. The average molecular weight is 345 g/mol. The van der Waals surface area contributed by atoms with E-state index >= 15 is 0 Å². The van der Waals surface area contributed by atoms with Crippen LogP contribution < -0.4 is 0 Å². The van der Waals surface area contributed by atoms with Gasteiger partial charge in [0, 0.05) is 18.4 Å². The fraction of sp³-hybridized carbons (Fsp3) is 1.00. The summed E-state index contributed by atoms with van der Waals surface area (Å²) in [4.78, 5) is 5.43. The summed E-state index contributed by atoms with van der Waals surface area (Å²) < 4.78 is 0. The van der Waals surface area contributed by atoms with Gasteiger partial charge >= 0.3 is 0 Å². The number of hydrogen-bond donors (Lipinski definition) is 0. The first-order valence-corrected chi connectivity index (χ1v) is 9.84. The summed E-state index contributed by atoms with van der Waals surface area (Å²) in [6.45, 7) is 12.7. The third-order valence-corrected chi connectivity index (χ3v) is 6.95. The molecule has 0 amide bonds. The van der Waals surface area contributed by atoms with Crippen molar-refractivity contribution < 1.29 is 0 Å². The third-order valence-electron chi connectivity index (χ3n) is 5.76. The van der Waals surface area contributed by atoms with Gasteiger partial charge in [0.1, 0.15) is 0 Å². The molecule has 0 bridgehead atoms. The fourth-order valence-corrected chi connectivity index (χ4v) is 4.81. The predicted molar refractivity (Wildman–Crippen MR) is 91.6 cm³/mol. The zero-order chi connectivity index (χ0) is 14.4. The lowest BCUT2D eigenvalue weighted by Gasteiger charge is -2.40. The molecule has 2 aliphatic heterocycles. The van der Waals surface area contributed by atoms with Gasteiger partial charge in [-0.3, -0.25) is 0 Å². The van der Waals surface area contributed by atoms with Crippen molar-refractivity contribution in [3.05, 3.63) is 0 Å². The number of hydrogen-bond acceptors (Lipinski definition) is 2. The molecule has 0 radical (unpaired) electrons. The van der Waals surface area contributed by atoms with Crippen LogP contribution in [0.25, 0.3) is 0 Å². The monoisotopic (exact) mass is 344 g/mol. The molecule has 0 aromatic carbocycles. The standard InChI is InChI=1S/C17H33BrN2/c1-3-17(4-2,14-18)15-20-11-7-16(8-12-20)13-19-9-5-6-10-19/h16H,3-15H2,1-2H3. The highest BCUT2D eigenvalue weighted by Crippen LogP contribution is 2.31. The SMILES string of the molecule is CCC(CC)(CBr)CN1CCC(CN2CCCC2)CC1. The Balaban J connectivity index is 1.73. The number of halogens is 1. The molecule has 0 spiro atoms. The van der Waals surface area contributed by atoms with Crippen LogP contribution in [0, 0.1) is 11.3 Å². The average Bonchev–Trinajstić information content (AvgIpc) is 3.00. The van der Waals surface area contributed by atoms with E-state index in [9.17, 15) is 0 Å². The Hall–Kier alpha value is 0.400. The zero-order valence-electron chi connectivity index (χ0n) is 13.5. The minimum Gasteiger partial charge on any atom is -0.303 e. The fourth-order valence-electron chi connectivity index (χ4n) is 3.84. The molecular formula is C17H33BrN2. The Labute approximate surface area is 134 Å². The van der Waals surface area contributed by atoms with Gasteiger partial charge in [-0.15, -0.1) is 0 Å². The van der Waals surface area contributed by atoms with Gasteiger partial charge in [0.2, 0.25) is 0 Å². The molecular weight excluding hydrogens is 312 g/mol. The van der Waals surface area contributed by atoms with Crippen LogP contribution in [0.5, 0.6) is 0 Å². The molecule has 118 valence electrons. The van der Waals surface area contributed by atoms with Gasteiger partial charge in [0.05, 0.1) is 0 Å². The van der Waals surface area contributed by atoms with E-state index in [0.29, 0.717) is 5.41 Å². The third kappa shape index (κ3) is 4.45. The summed E-state index contributed by atoms with van der Waals surface area (Å²) in [7, 11) is 0. The molecule has 0 unspecified atom stereocenters. The van der Waals surface area contributed by atoms with Gasteiger partial charge in [-0.2, -0.15) is 0 Å². The molecule has 0 N–H and O–H groups in total. The minimum atomic E-state index is 0.502. The molecule has 2 fully saturated rings. The number of piperidine rings is 1. The van der Waals surface area contributed by atoms with E-state index in [1.807, 2.05) is 0 Å². The van der Waals surface area contributed by atoms with Crippen LogP contribution >= 0.6 is 15.9 Å². The van der Waals surface area contributed by atoms with Crippen molar-refractivity contribution in [1.29, 1.82) is 0 Å². The van der Waals surface area contributed by atoms with Crippen molar-refractivity contribution in [3.63, 3.8) is 0 Å². The maximum atomic E-state index is 3.76. The van der Waals surface area contributed by atoms with Crippen LogP contribution in [0.3, 0.4) is 0 Å². The molecule has 2 heterocycles. The second-order valence-corrected chi connectivity index (χ2v) is 7.63. The van der Waals surface area contributed by atoms with Crippen LogP contribution in [0.4, 0.5) is 0 Å². The van der Waals surface area contributed by atoms with E-state index in [0.717, 1.165) is 11.2 Å². The Morgan fingerprint density at radius 2 is 1.55 bits per heavy atom. The number of likely N-dealkylation sites (tertiary alicyclic amines) is 2. The molecule has 2 rings (SSSR count). The summed E-state index contributed by atoms with van der Waals surface area (Å²) in [5, 5.41) is 1.15. The van der Waals surface area contributed by atoms with Crippen LogP contribution in [0.15, 0.2) is 0 Å². The molecule has 0 saturated carbocycles. The van der Waals surface area contributed by atoms with Crippen molar-refractivity contribution >= 4 is 15.9 Å². The van der Waals surface area contributed by atoms with Crippen LogP contribution in [0.2, 0.25) is 0 Å². The lowest BCUT2D eigenvalue weighted by molar-refractivity contribution is 0.104. The summed E-state index contributed by atoms with van der Waals surface area (Å²) in [5.74, 6) is 0.964. The molecule has 0 atom stereocenters. The van der Waals surface area contributed by atoms with Gasteiger partial charge in [0.25, 0.3) is 0 Å². The summed E-state index contributed by atoms with van der Waals surface area (Å²) >= 11 is 3.76. The first kappa shape index (κ1) is 16.8. The van der Waals surface area contributed by atoms with Crippen molar-refractivity contribution in [2.24, 2.45) is 11.3 Å². The van der Waals surface area contributed by atoms with E-state index in [1.54, 1.807) is 0 Å². The lowest BCUT2D eigenvalue weighted by atomic mass is 9.83. The van der Waals surface area contributed by atoms with Gasteiger partial charge in [0.15, 0.2) is 0 Å². The highest BCUT2D eigenvalue weighted by molar-refractivity contribution is 9.09. The topological polar surface area (TPSA) is 6.48 Å². The van der Waals surface area contributed by atoms with Gasteiger partial charge in [-0.05, 0) is 76.0 Å². The van der Waals surface area contributed by atoms with Crippen molar-refractivity contribution in [2.75, 3.05) is 44.6 Å². The van der Waals surface area contributed by atoms with E-state index in [1.165, 1.54) is 77.8 Å². The number of rotatable bonds is 7. The van der Waals surface area contributed by atoms with Crippen LogP contribution in [-0.2, 0) is 0 Å². The largest absolute Gasteiger partial charge is 0.303 e. The highest BCUT2D eigenvalue weighted by atomic mass is 79.9. The molecule has 0 aliphatic carbocycles. The molecule has 2 saturated heterocycles. The van der Waals surface area contributed by atoms with E-state index in [2.05, 4.69) is 39.6 Å². The Morgan fingerprint density at radius 1 is 0.950 bits per heavy atom. The quantitative estimate of drug-likeness (QED) is 0.644. The van der Waals surface area contributed by atoms with Gasteiger partial charge in [-0.1, -0.05) is 29.8 Å². The summed E-state index contributed by atoms with van der Waals surface area (Å²) in [6.07, 6.45) is 8.29. The first-order valence-electron chi connectivity index (χ1n) is 8.72. The zero-order valence-corrected chi connectivity index (χ0v) is 15.1. The smallest absolute Gasteiger partial charge is 0.01000 e. The second-order valence-electron chi connectivity index (χ2n) is 7.07. The molecule has 0 aromatic rings. The maximum absolute atomic E-state index is 3.76. The van der Waals surface area contributed by atoms with Crippen LogP contribution in [-0.4, -0.2) is 54.4 Å². The summed E-state index contributed by atoms with van der Waals surface area (Å²) in [6, 6.07) is 0. The van der Waals surface area contributed by atoms with Crippen molar-refractivity contribution in [1.82, 2.24) is 9.80 Å². The number of nitrogens with zero attached hydrogens (tertiary/aromatic N) is 2. The minimum absolute atomic E-state index is 0.502. The highest BCUT2D eigenvalue weighted by Gasteiger charge is 2.30. The van der Waals surface area contributed by atoms with Crippen LogP contribution in [0.1, 0.15) is 52.4 Å². The maximum Gasteiger partial charge on any atom is 0.01000 e. The molecule has 2 aliphatic rings. The Morgan fingerprint density at radius 3 is 2.05 bits per heavy atom. The Bertz CT molecular complexity index is 256. The summed E-state index contributed by atoms with van der Waals surface area (Å²) in [5.41, 5.74) is 0.502. The van der Waals surface area contributed by atoms with Crippen molar-refractivity contribution in [3.8, 4) is 0 Å². The van der Waals surface area contributed by atoms with E-state index < -0.39 is 0 Å². The molecule has 20 heavy (non-hydrogen) atoms. The van der Waals surface area contributed by atoms with Gasteiger partial charge < -0.3 is 9.80 Å². The Kier molecular flexibility index (Phi) is 6.83. The molecule has 3 heteroatoms. The van der Waals surface area contributed by atoms with E-state index in [-0.39, 0.29) is 0 Å². The predicted octanol–water partition coefficient (Wildman–Crippen LogP) is 4.00. The molecule has 0 aromatic heterocycles. The molecule has 2 nitrogen and oxygen atoms in total. The van der Waals surface area contributed by atoms with E-state index in [4.69, 9.17) is 0 Å². The van der Waals surface area contributed by atoms with Gasteiger partial charge in [-0.25, -0.2) is 0 Å². The number of alkyl halides is 1. The van der Waals surface area contributed by atoms with Crippen molar-refractivity contribution in [2.45, 2.75) is 52.4 Å².